The predicted octanol–water partition coefficient (Wildman–Crippen LogP) is 1.18. The van der Waals surface area contributed by atoms with Crippen LogP contribution in [0.1, 0.15) is 18.9 Å². The number of nitrogens with one attached hydrogen (secondary N) is 2. The van der Waals surface area contributed by atoms with E-state index >= 15 is 0 Å². The molecule has 2 rings (SSSR count). The number of anilines is 1. The Kier molecular flexibility index (Phi) is 5.98. The van der Waals surface area contributed by atoms with Crippen LogP contribution >= 0.6 is 0 Å². The maximum Gasteiger partial charge on any atom is 0.301 e. The van der Waals surface area contributed by atoms with Crippen LogP contribution in [-0.4, -0.2) is 45.6 Å². The summed E-state index contributed by atoms with van der Waals surface area (Å²) in [6, 6.07) is 7.47. The number of hydrogen-bond acceptors (Lipinski definition) is 4. The second-order valence-electron chi connectivity index (χ2n) is 5.00. The van der Waals surface area contributed by atoms with Gasteiger partial charge in [-0.15, -0.1) is 0 Å². The summed E-state index contributed by atoms with van der Waals surface area (Å²) in [5.41, 5.74) is 1.66. The molecule has 0 atom stereocenters. The quantitative estimate of drug-likeness (QED) is 0.742. The van der Waals surface area contributed by atoms with E-state index in [2.05, 4.69) is 17.0 Å². The summed E-state index contributed by atoms with van der Waals surface area (Å²) in [4.78, 5) is 0. The van der Waals surface area contributed by atoms with Gasteiger partial charge in [0.25, 0.3) is 0 Å². The number of benzene rings is 1. The van der Waals surface area contributed by atoms with Gasteiger partial charge in [-0.05, 0) is 30.7 Å². The molecule has 1 aromatic carbocycles. The van der Waals surface area contributed by atoms with Crippen molar-refractivity contribution in [2.45, 2.75) is 19.9 Å². The highest BCUT2D eigenvalue weighted by Crippen LogP contribution is 2.15. The zero-order valence-corrected chi connectivity index (χ0v) is 13.2. The van der Waals surface area contributed by atoms with Crippen LogP contribution < -0.4 is 10.0 Å². The van der Waals surface area contributed by atoms with Gasteiger partial charge in [-0.1, -0.05) is 19.1 Å². The van der Waals surface area contributed by atoms with E-state index < -0.39 is 10.2 Å². The molecule has 0 bridgehead atoms. The van der Waals surface area contributed by atoms with E-state index in [1.807, 2.05) is 18.2 Å². The molecule has 0 aromatic heterocycles. The second-order valence-corrected chi connectivity index (χ2v) is 6.67. The van der Waals surface area contributed by atoms with Crippen LogP contribution in [0.2, 0.25) is 0 Å². The van der Waals surface area contributed by atoms with Crippen LogP contribution in [0.5, 0.6) is 0 Å². The zero-order valence-electron chi connectivity index (χ0n) is 12.3. The first-order valence-corrected chi connectivity index (χ1v) is 8.71. The lowest BCUT2D eigenvalue weighted by atomic mass is 10.2. The average molecular weight is 313 g/mol. The lowest BCUT2D eigenvalue weighted by Crippen LogP contribution is -2.43. The van der Waals surface area contributed by atoms with Gasteiger partial charge in [0.15, 0.2) is 0 Å². The maximum atomic E-state index is 12.3. The molecule has 1 aliphatic heterocycles. The van der Waals surface area contributed by atoms with Crippen molar-refractivity contribution < 1.29 is 13.2 Å². The van der Waals surface area contributed by atoms with E-state index in [-0.39, 0.29) is 0 Å². The Morgan fingerprint density at radius 3 is 2.76 bits per heavy atom. The van der Waals surface area contributed by atoms with Gasteiger partial charge in [0.2, 0.25) is 0 Å². The molecule has 118 valence electrons. The third-order valence-electron chi connectivity index (χ3n) is 3.24. The summed E-state index contributed by atoms with van der Waals surface area (Å²) in [5.74, 6) is 0. The molecule has 0 unspecified atom stereocenters. The third-order valence-corrected chi connectivity index (χ3v) is 4.78. The lowest BCUT2D eigenvalue weighted by molar-refractivity contribution is 0.0733. The van der Waals surface area contributed by atoms with E-state index in [4.69, 9.17) is 4.74 Å². The zero-order chi connectivity index (χ0) is 15.1. The second kappa shape index (κ2) is 7.74. The highest BCUT2D eigenvalue weighted by atomic mass is 32.2. The minimum Gasteiger partial charge on any atom is -0.379 e. The smallest absolute Gasteiger partial charge is 0.301 e. The summed E-state index contributed by atoms with van der Waals surface area (Å²) < 4.78 is 33.8. The van der Waals surface area contributed by atoms with Crippen LogP contribution in [0.15, 0.2) is 24.3 Å². The topological polar surface area (TPSA) is 70.7 Å². The van der Waals surface area contributed by atoms with Gasteiger partial charge in [0.05, 0.1) is 18.9 Å². The molecule has 1 aliphatic rings. The Labute approximate surface area is 126 Å². The van der Waals surface area contributed by atoms with Crippen molar-refractivity contribution in [2.24, 2.45) is 0 Å². The van der Waals surface area contributed by atoms with Gasteiger partial charge in [0.1, 0.15) is 0 Å². The molecule has 0 aliphatic carbocycles. The van der Waals surface area contributed by atoms with E-state index in [0.29, 0.717) is 32.0 Å². The van der Waals surface area contributed by atoms with Gasteiger partial charge in [-0.2, -0.15) is 12.7 Å². The molecule has 1 aromatic rings. The summed E-state index contributed by atoms with van der Waals surface area (Å²) in [7, 11) is -3.50. The molecule has 1 saturated heterocycles. The Morgan fingerprint density at radius 1 is 1.29 bits per heavy atom. The Hall–Kier alpha value is -1.15. The largest absolute Gasteiger partial charge is 0.379 e. The van der Waals surface area contributed by atoms with Crippen molar-refractivity contribution in [3.63, 3.8) is 0 Å². The molecule has 1 fully saturated rings. The molecule has 21 heavy (non-hydrogen) atoms. The molecule has 1 heterocycles. The first-order valence-electron chi connectivity index (χ1n) is 7.27. The number of hydrogen-bond donors (Lipinski definition) is 2. The molecular weight excluding hydrogens is 290 g/mol. The van der Waals surface area contributed by atoms with E-state index in [1.165, 1.54) is 4.31 Å². The highest BCUT2D eigenvalue weighted by Gasteiger charge is 2.24. The van der Waals surface area contributed by atoms with Crippen molar-refractivity contribution in [1.82, 2.24) is 9.62 Å². The van der Waals surface area contributed by atoms with Crippen LogP contribution in [-0.2, 0) is 21.5 Å². The number of ether oxygens (including phenoxy) is 1. The van der Waals surface area contributed by atoms with Gasteiger partial charge in [-0.3, -0.25) is 4.72 Å². The van der Waals surface area contributed by atoms with Gasteiger partial charge < -0.3 is 10.1 Å². The highest BCUT2D eigenvalue weighted by molar-refractivity contribution is 7.90. The Bertz CT molecular complexity index is 542. The van der Waals surface area contributed by atoms with E-state index in [1.54, 1.807) is 6.07 Å². The molecule has 0 saturated carbocycles. The number of morpholine rings is 1. The van der Waals surface area contributed by atoms with Crippen molar-refractivity contribution >= 4 is 15.9 Å². The van der Waals surface area contributed by atoms with Gasteiger partial charge >= 0.3 is 10.2 Å². The Balaban J connectivity index is 1.99. The van der Waals surface area contributed by atoms with Crippen molar-refractivity contribution in [1.29, 1.82) is 0 Å². The van der Waals surface area contributed by atoms with Crippen LogP contribution in [0.4, 0.5) is 5.69 Å². The lowest BCUT2D eigenvalue weighted by Gasteiger charge is -2.26. The number of nitrogens with zero attached hydrogens (tertiary/aromatic N) is 1. The molecule has 0 radical (unpaired) electrons. The molecular formula is C14H23N3O3S. The normalized spacial score (nSPS) is 16.8. The summed E-state index contributed by atoms with van der Waals surface area (Å²) in [6.45, 7) is 5.48. The molecule has 7 heteroatoms. The van der Waals surface area contributed by atoms with Crippen LogP contribution in [0, 0.1) is 0 Å². The fourth-order valence-electron chi connectivity index (χ4n) is 2.15. The first kappa shape index (κ1) is 16.2. The summed E-state index contributed by atoms with van der Waals surface area (Å²) >= 11 is 0. The van der Waals surface area contributed by atoms with Crippen molar-refractivity contribution in [3.05, 3.63) is 29.8 Å². The fraction of sp³-hybridized carbons (Fsp3) is 0.571. The van der Waals surface area contributed by atoms with E-state index in [9.17, 15) is 8.42 Å². The van der Waals surface area contributed by atoms with Gasteiger partial charge in [-0.25, -0.2) is 0 Å². The van der Waals surface area contributed by atoms with Crippen LogP contribution in [0.3, 0.4) is 0 Å². The monoisotopic (exact) mass is 313 g/mol. The van der Waals surface area contributed by atoms with E-state index in [0.717, 1.165) is 25.1 Å². The summed E-state index contributed by atoms with van der Waals surface area (Å²) in [5, 5.41) is 3.30. The molecule has 2 N–H and O–H groups in total. The minimum atomic E-state index is -3.50. The third kappa shape index (κ3) is 4.96. The van der Waals surface area contributed by atoms with Crippen LogP contribution in [0.25, 0.3) is 0 Å². The number of rotatable bonds is 7. The minimum absolute atomic E-state index is 0.396. The maximum absolute atomic E-state index is 12.3. The first-order chi connectivity index (χ1) is 10.1. The fourth-order valence-corrected chi connectivity index (χ4v) is 3.34. The SMILES string of the molecule is CCCNCc1cccc(NS(=O)(=O)N2CCOCC2)c1. The van der Waals surface area contributed by atoms with Gasteiger partial charge in [0, 0.05) is 19.6 Å². The molecule has 0 amide bonds. The van der Waals surface area contributed by atoms with Crippen molar-refractivity contribution in [3.8, 4) is 0 Å². The molecule has 6 nitrogen and oxygen atoms in total. The average Bonchev–Trinajstić information content (AvgIpc) is 2.48. The predicted molar refractivity (Wildman–Crippen MR) is 83.4 cm³/mol. The Morgan fingerprint density at radius 2 is 2.05 bits per heavy atom. The summed E-state index contributed by atoms with van der Waals surface area (Å²) in [6.07, 6.45) is 1.07. The molecule has 0 spiro atoms. The van der Waals surface area contributed by atoms with Crippen molar-refractivity contribution in [2.75, 3.05) is 37.6 Å². The standard InChI is InChI=1S/C14H23N3O3S/c1-2-6-15-12-13-4-3-5-14(11-13)16-21(18,19)17-7-9-20-10-8-17/h3-5,11,15-16H,2,6-10,12H2,1H3.